The maximum atomic E-state index is 12.1. The highest BCUT2D eigenvalue weighted by Gasteiger charge is 2.28. The Kier molecular flexibility index (Phi) is 4.21. The molecule has 0 aliphatic carbocycles. The number of carbonyl (C=O) groups is 1. The van der Waals surface area contributed by atoms with Crippen LogP contribution in [0.1, 0.15) is 23.5 Å². The van der Waals surface area contributed by atoms with Crippen molar-refractivity contribution in [1.29, 1.82) is 0 Å². The first-order valence-corrected chi connectivity index (χ1v) is 6.30. The zero-order chi connectivity index (χ0) is 12.3. The van der Waals surface area contributed by atoms with Gasteiger partial charge in [0.05, 0.1) is 17.5 Å². The van der Waals surface area contributed by atoms with Crippen molar-refractivity contribution in [3.8, 4) is 5.75 Å². The van der Waals surface area contributed by atoms with E-state index in [2.05, 4.69) is 0 Å². The average molecular weight is 262 g/mol. The first kappa shape index (κ1) is 13.3. The number of hydrogen-bond acceptors (Lipinski definition) is 3. The van der Waals surface area contributed by atoms with Gasteiger partial charge in [0.15, 0.2) is 0 Å². The van der Waals surface area contributed by atoms with Crippen LogP contribution < -0.4 is 4.74 Å². The second-order valence-corrected chi connectivity index (χ2v) is 5.34. The van der Waals surface area contributed by atoms with Crippen LogP contribution in [0, 0.1) is 0 Å². The van der Waals surface area contributed by atoms with E-state index >= 15 is 0 Å². The number of nitrogens with zero attached hydrogens (tertiary/aromatic N) is 1. The van der Waals surface area contributed by atoms with Gasteiger partial charge in [-0.1, -0.05) is 0 Å². The summed E-state index contributed by atoms with van der Waals surface area (Å²) in [6.07, 6.45) is 0. The lowest BCUT2D eigenvalue weighted by Crippen LogP contribution is -2.46. The van der Waals surface area contributed by atoms with Crippen molar-refractivity contribution >= 4 is 28.8 Å². The molecule has 0 saturated heterocycles. The zero-order valence-corrected chi connectivity index (χ0v) is 11.5. The molecule has 0 spiro atoms. The summed E-state index contributed by atoms with van der Waals surface area (Å²) in [4.78, 5) is 14.4. The molecular weight excluding hydrogens is 246 g/mol. The maximum absolute atomic E-state index is 12.1. The number of alkyl halides is 1. The minimum atomic E-state index is -0.351. The summed E-state index contributed by atoms with van der Waals surface area (Å²) < 4.78 is 5.05. The number of hydrogen-bond donors (Lipinski definition) is 0. The van der Waals surface area contributed by atoms with Gasteiger partial charge >= 0.3 is 0 Å². The van der Waals surface area contributed by atoms with Crippen LogP contribution in [0.25, 0.3) is 0 Å². The number of thiophene rings is 1. The molecule has 1 amide bonds. The Balaban J connectivity index is 2.85. The quantitative estimate of drug-likeness (QED) is 0.780. The van der Waals surface area contributed by atoms with Gasteiger partial charge in [0.1, 0.15) is 5.75 Å². The predicted octanol–water partition coefficient (Wildman–Crippen LogP) is 2.85. The molecule has 1 aromatic rings. The van der Waals surface area contributed by atoms with Gasteiger partial charge < -0.3 is 9.64 Å². The van der Waals surface area contributed by atoms with E-state index in [0.717, 1.165) is 0 Å². The van der Waals surface area contributed by atoms with Crippen LogP contribution in [0.5, 0.6) is 5.75 Å². The molecule has 5 heteroatoms. The van der Waals surface area contributed by atoms with E-state index in [1.54, 1.807) is 25.1 Å². The largest absolute Gasteiger partial charge is 0.496 e. The third kappa shape index (κ3) is 2.68. The molecule has 0 fully saturated rings. The van der Waals surface area contributed by atoms with Crippen molar-refractivity contribution in [3.63, 3.8) is 0 Å². The maximum Gasteiger partial charge on any atom is 0.264 e. The standard InChI is InChI=1S/C11H16ClNO2S/c1-11(2,7-12)13(3)10(14)9-5-8(15-4)6-16-9/h5-6H,7H2,1-4H3. The van der Waals surface area contributed by atoms with Crippen molar-refractivity contribution < 1.29 is 9.53 Å². The van der Waals surface area contributed by atoms with Gasteiger partial charge in [-0.05, 0) is 13.8 Å². The minimum Gasteiger partial charge on any atom is -0.496 e. The van der Waals surface area contributed by atoms with Crippen molar-refractivity contribution in [2.45, 2.75) is 19.4 Å². The second kappa shape index (κ2) is 5.06. The van der Waals surface area contributed by atoms with Crippen LogP contribution >= 0.6 is 22.9 Å². The normalized spacial score (nSPS) is 11.3. The molecule has 0 aromatic carbocycles. The fraction of sp³-hybridized carbons (Fsp3) is 0.545. The Bertz CT molecular complexity index is 376. The van der Waals surface area contributed by atoms with E-state index < -0.39 is 0 Å². The Morgan fingerprint density at radius 3 is 2.69 bits per heavy atom. The molecule has 1 rings (SSSR count). The number of methoxy groups -OCH3 is 1. The highest BCUT2D eigenvalue weighted by molar-refractivity contribution is 7.12. The molecule has 90 valence electrons. The average Bonchev–Trinajstić information content (AvgIpc) is 2.75. The van der Waals surface area contributed by atoms with E-state index in [1.807, 2.05) is 19.2 Å². The number of ether oxygens (including phenoxy) is 1. The summed E-state index contributed by atoms with van der Waals surface area (Å²) in [5.41, 5.74) is -0.351. The molecule has 3 nitrogen and oxygen atoms in total. The summed E-state index contributed by atoms with van der Waals surface area (Å²) in [7, 11) is 3.35. The number of halogens is 1. The molecular formula is C11H16ClNO2S. The van der Waals surface area contributed by atoms with Crippen molar-refractivity contribution in [3.05, 3.63) is 16.3 Å². The Labute approximate surface area is 105 Å². The zero-order valence-electron chi connectivity index (χ0n) is 9.91. The van der Waals surface area contributed by atoms with Crippen LogP contribution in [-0.2, 0) is 0 Å². The number of rotatable bonds is 4. The van der Waals surface area contributed by atoms with E-state index in [1.165, 1.54) is 11.3 Å². The van der Waals surface area contributed by atoms with E-state index in [0.29, 0.717) is 16.5 Å². The Morgan fingerprint density at radius 1 is 1.62 bits per heavy atom. The van der Waals surface area contributed by atoms with Crippen molar-refractivity contribution in [2.75, 3.05) is 20.0 Å². The van der Waals surface area contributed by atoms with Gasteiger partial charge in [-0.3, -0.25) is 4.79 Å². The van der Waals surface area contributed by atoms with Gasteiger partial charge in [-0.2, -0.15) is 0 Å². The monoisotopic (exact) mass is 261 g/mol. The predicted molar refractivity (Wildman–Crippen MR) is 67.8 cm³/mol. The van der Waals surface area contributed by atoms with Gasteiger partial charge in [-0.15, -0.1) is 22.9 Å². The molecule has 0 radical (unpaired) electrons. The third-order valence-electron chi connectivity index (χ3n) is 2.56. The molecule has 0 N–H and O–H groups in total. The molecule has 1 heterocycles. The SMILES string of the molecule is COc1csc(C(=O)N(C)C(C)(C)CCl)c1. The molecule has 0 unspecified atom stereocenters. The summed E-state index contributed by atoms with van der Waals surface area (Å²) in [5, 5.41) is 1.81. The summed E-state index contributed by atoms with van der Waals surface area (Å²) in [5.74, 6) is 1.09. The molecule has 1 aromatic heterocycles. The molecule has 0 aliphatic heterocycles. The lowest BCUT2D eigenvalue weighted by molar-refractivity contribution is 0.0665. The highest BCUT2D eigenvalue weighted by atomic mass is 35.5. The van der Waals surface area contributed by atoms with Crippen molar-refractivity contribution in [1.82, 2.24) is 4.90 Å². The van der Waals surface area contributed by atoms with Crippen molar-refractivity contribution in [2.24, 2.45) is 0 Å². The lowest BCUT2D eigenvalue weighted by Gasteiger charge is -2.33. The summed E-state index contributed by atoms with van der Waals surface area (Å²) >= 11 is 7.21. The smallest absolute Gasteiger partial charge is 0.264 e. The number of amides is 1. The van der Waals surface area contributed by atoms with Crippen LogP contribution in [0.3, 0.4) is 0 Å². The lowest BCUT2D eigenvalue weighted by atomic mass is 10.1. The summed E-state index contributed by atoms with van der Waals surface area (Å²) in [6.45, 7) is 3.87. The second-order valence-electron chi connectivity index (χ2n) is 4.16. The van der Waals surface area contributed by atoms with Crippen LogP contribution in [0.15, 0.2) is 11.4 Å². The topological polar surface area (TPSA) is 29.5 Å². The molecule has 16 heavy (non-hydrogen) atoms. The van der Waals surface area contributed by atoms with Gasteiger partial charge in [0.25, 0.3) is 5.91 Å². The van der Waals surface area contributed by atoms with Gasteiger partial charge in [0.2, 0.25) is 0 Å². The summed E-state index contributed by atoms with van der Waals surface area (Å²) in [6, 6.07) is 1.74. The Hall–Kier alpha value is -0.740. The van der Waals surface area contributed by atoms with Gasteiger partial charge in [0, 0.05) is 24.4 Å². The highest BCUT2D eigenvalue weighted by Crippen LogP contribution is 2.25. The third-order valence-corrected chi connectivity index (χ3v) is 4.11. The molecule has 0 bridgehead atoms. The fourth-order valence-corrected chi connectivity index (χ4v) is 2.08. The fourth-order valence-electron chi connectivity index (χ4n) is 1.07. The van der Waals surface area contributed by atoms with E-state index in [-0.39, 0.29) is 11.4 Å². The first-order chi connectivity index (χ1) is 7.42. The number of carbonyl (C=O) groups excluding carboxylic acids is 1. The molecule has 0 aliphatic rings. The van der Waals surface area contributed by atoms with Gasteiger partial charge in [-0.25, -0.2) is 0 Å². The van der Waals surface area contributed by atoms with Crippen LogP contribution in [0.2, 0.25) is 0 Å². The van der Waals surface area contributed by atoms with E-state index in [9.17, 15) is 4.79 Å². The minimum absolute atomic E-state index is 0.0287. The van der Waals surface area contributed by atoms with Crippen LogP contribution in [-0.4, -0.2) is 36.4 Å². The first-order valence-electron chi connectivity index (χ1n) is 4.89. The molecule has 0 atom stereocenters. The Morgan fingerprint density at radius 2 is 2.25 bits per heavy atom. The van der Waals surface area contributed by atoms with Crippen LogP contribution in [0.4, 0.5) is 0 Å². The molecule has 0 saturated carbocycles. The van der Waals surface area contributed by atoms with E-state index in [4.69, 9.17) is 16.3 Å².